The predicted molar refractivity (Wildman–Crippen MR) is 205 cm³/mol. The summed E-state index contributed by atoms with van der Waals surface area (Å²) in [5.74, 6) is -0.134. The Bertz CT molecular complexity index is 1750. The van der Waals surface area contributed by atoms with Crippen LogP contribution in [-0.2, 0) is 22.6 Å². The molecule has 2 atom stereocenters. The number of urea groups is 2. The minimum absolute atomic E-state index is 0.0215. The number of piperazine rings is 1. The molecule has 14 nitrogen and oxygen atoms in total. The maximum Gasteiger partial charge on any atom is 0.322 e. The summed E-state index contributed by atoms with van der Waals surface area (Å²) in [6.07, 6.45) is 7.30. The van der Waals surface area contributed by atoms with Gasteiger partial charge in [-0.05, 0) is 92.6 Å². The van der Waals surface area contributed by atoms with Gasteiger partial charge in [0.25, 0.3) is 0 Å². The monoisotopic (exact) mass is 737 g/mol. The van der Waals surface area contributed by atoms with Gasteiger partial charge in [0, 0.05) is 82.0 Å². The highest BCUT2D eigenvalue weighted by atomic mass is 16.3. The van der Waals surface area contributed by atoms with Gasteiger partial charge in [0.05, 0.1) is 0 Å². The number of pyridine rings is 1. The van der Waals surface area contributed by atoms with E-state index in [0.29, 0.717) is 65.1 Å². The Morgan fingerprint density at radius 1 is 0.815 bits per heavy atom. The van der Waals surface area contributed by atoms with Crippen LogP contribution in [0.1, 0.15) is 43.2 Å². The van der Waals surface area contributed by atoms with E-state index >= 15 is 0 Å². The van der Waals surface area contributed by atoms with Gasteiger partial charge < -0.3 is 46.0 Å². The summed E-state index contributed by atoms with van der Waals surface area (Å²) in [6, 6.07) is 16.1. The minimum atomic E-state index is -0.962. The van der Waals surface area contributed by atoms with Crippen molar-refractivity contribution >= 4 is 35.3 Å². The van der Waals surface area contributed by atoms with E-state index in [1.165, 1.54) is 0 Å². The fourth-order valence-electron chi connectivity index (χ4n) is 8.12. The third-order valence-electron chi connectivity index (χ3n) is 11.3. The number of nitrogens with zero attached hydrogens (tertiary/aromatic N) is 5. The number of carbonyl (C=O) groups excluding carboxylic acids is 4. The maximum absolute atomic E-state index is 14.3. The predicted octanol–water partition coefficient (Wildman–Crippen LogP) is 3.14. The first-order valence-corrected chi connectivity index (χ1v) is 19.2. The Balaban J connectivity index is 1.01. The number of piperidine rings is 2. The summed E-state index contributed by atoms with van der Waals surface area (Å²) in [5, 5.41) is 22.4. The Morgan fingerprint density at radius 2 is 1.52 bits per heavy atom. The Labute approximate surface area is 316 Å². The summed E-state index contributed by atoms with van der Waals surface area (Å²) in [5.41, 5.74) is 3.72. The fraction of sp³-hybridized carbons (Fsp3) is 0.475. The van der Waals surface area contributed by atoms with E-state index < -0.39 is 18.0 Å². The second-order valence-corrected chi connectivity index (χ2v) is 14.8. The summed E-state index contributed by atoms with van der Waals surface area (Å²) < 4.78 is 0. The number of para-hydroxylation sites is 1. The van der Waals surface area contributed by atoms with Crippen molar-refractivity contribution < 1.29 is 24.3 Å². The largest absolute Gasteiger partial charge is 0.508 e. The van der Waals surface area contributed by atoms with Crippen LogP contribution in [0.4, 0.5) is 21.0 Å². The molecule has 286 valence electrons. The molecule has 0 aliphatic carbocycles. The van der Waals surface area contributed by atoms with Crippen molar-refractivity contribution in [2.75, 3.05) is 62.6 Å². The lowest BCUT2D eigenvalue weighted by atomic mass is 9.90. The van der Waals surface area contributed by atoms with Gasteiger partial charge in [-0.1, -0.05) is 30.3 Å². The van der Waals surface area contributed by atoms with Gasteiger partial charge in [0.15, 0.2) is 0 Å². The maximum atomic E-state index is 14.3. The van der Waals surface area contributed by atoms with Crippen molar-refractivity contribution in [1.29, 1.82) is 0 Å². The molecule has 14 heteroatoms. The first kappa shape index (κ1) is 37.0. The van der Waals surface area contributed by atoms with Crippen LogP contribution in [0.25, 0.3) is 0 Å². The summed E-state index contributed by atoms with van der Waals surface area (Å²) >= 11 is 0. The van der Waals surface area contributed by atoms with Crippen LogP contribution in [0, 0.1) is 5.92 Å². The quantitative estimate of drug-likeness (QED) is 0.212. The van der Waals surface area contributed by atoms with Gasteiger partial charge in [-0.15, -0.1) is 0 Å². The van der Waals surface area contributed by atoms with Crippen molar-refractivity contribution in [2.45, 2.75) is 63.2 Å². The van der Waals surface area contributed by atoms with Crippen LogP contribution in [0.3, 0.4) is 0 Å². The van der Waals surface area contributed by atoms with Crippen LogP contribution in [-0.4, -0.2) is 119 Å². The molecule has 0 unspecified atom stereocenters. The molecule has 7 rings (SSSR count). The lowest BCUT2D eigenvalue weighted by Gasteiger charge is -2.41. The highest BCUT2D eigenvalue weighted by Crippen LogP contribution is 2.28. The molecule has 4 aliphatic heterocycles. The molecule has 0 bridgehead atoms. The molecular formula is C40H51N9O5. The number of phenolic OH excluding ortho intramolecular Hbond substituents is 1. The number of rotatable bonds is 10. The third kappa shape index (κ3) is 9.04. The fourth-order valence-corrected chi connectivity index (χ4v) is 8.12. The van der Waals surface area contributed by atoms with E-state index in [2.05, 4.69) is 31.2 Å². The van der Waals surface area contributed by atoms with E-state index in [9.17, 15) is 24.3 Å². The molecular weight excluding hydrogens is 686 g/mol. The summed E-state index contributed by atoms with van der Waals surface area (Å²) in [7, 11) is 0. The smallest absolute Gasteiger partial charge is 0.322 e. The number of likely N-dealkylation sites (tertiary alicyclic amines) is 1. The first-order chi connectivity index (χ1) is 26.3. The zero-order valence-corrected chi connectivity index (χ0v) is 30.7. The van der Waals surface area contributed by atoms with Gasteiger partial charge in [-0.25, -0.2) is 9.59 Å². The second kappa shape index (κ2) is 17.2. The van der Waals surface area contributed by atoms with E-state index in [0.717, 1.165) is 48.4 Å². The second-order valence-electron chi connectivity index (χ2n) is 14.8. The number of aromatic hydroxyl groups is 1. The molecule has 6 amide bonds. The molecule has 3 saturated heterocycles. The average Bonchev–Trinajstić information content (AvgIpc) is 3.21. The highest BCUT2D eigenvalue weighted by Gasteiger charge is 2.36. The number of phenols is 1. The van der Waals surface area contributed by atoms with Crippen LogP contribution in [0.2, 0.25) is 0 Å². The zero-order chi connectivity index (χ0) is 37.4. The van der Waals surface area contributed by atoms with E-state index in [-0.39, 0.29) is 42.1 Å². The van der Waals surface area contributed by atoms with Crippen LogP contribution >= 0.6 is 0 Å². The molecule has 1 aromatic heterocycles. The van der Waals surface area contributed by atoms with Gasteiger partial charge >= 0.3 is 12.1 Å². The number of aromatic nitrogens is 1. The number of hydrogen-bond acceptors (Lipinski definition) is 8. The number of nitrogens with one attached hydrogen (secondary N) is 4. The van der Waals surface area contributed by atoms with E-state index in [4.69, 9.17) is 0 Å². The number of benzene rings is 2. The van der Waals surface area contributed by atoms with Crippen molar-refractivity contribution in [3.63, 3.8) is 0 Å². The van der Waals surface area contributed by atoms with Gasteiger partial charge in [0.2, 0.25) is 11.8 Å². The van der Waals surface area contributed by atoms with Gasteiger partial charge in [-0.3, -0.25) is 14.6 Å². The van der Waals surface area contributed by atoms with Crippen molar-refractivity contribution in [3.05, 3.63) is 84.2 Å². The van der Waals surface area contributed by atoms with Gasteiger partial charge in [-0.2, -0.15) is 0 Å². The van der Waals surface area contributed by atoms with Crippen LogP contribution < -0.4 is 26.2 Å². The summed E-state index contributed by atoms with van der Waals surface area (Å²) in [6.45, 7) is 5.54. The number of hydrogen-bond donors (Lipinski definition) is 5. The van der Waals surface area contributed by atoms with Crippen molar-refractivity contribution in [1.82, 2.24) is 35.6 Å². The Kier molecular flexibility index (Phi) is 11.8. The zero-order valence-electron chi connectivity index (χ0n) is 30.7. The standard InChI is InChI=1S/C40H51N9O5/c50-33-7-5-28(6-8-33)25-35(45-39(53)48-19-13-32(14-20-48)49-27-30-3-1-2-4-34(30)44-40(49)54)37(51)43-36(26-29-9-15-41-16-10-29)38(52)47-23-21-46(22-24-47)31-11-17-42-18-12-31/h1-8,11-12,17-18,29,32,35-36,41,50H,9-10,13-16,19-27H2,(H,43,51)(H,44,54)(H,45,53)/t35-,36+/m1/s1. The number of carbonyl (C=O) groups is 4. The molecule has 0 saturated carbocycles. The van der Waals surface area contributed by atoms with E-state index in [1.54, 1.807) is 41.6 Å². The minimum Gasteiger partial charge on any atom is -0.508 e. The van der Waals surface area contributed by atoms with Crippen molar-refractivity contribution in [3.8, 4) is 5.75 Å². The highest BCUT2D eigenvalue weighted by molar-refractivity contribution is 5.93. The first-order valence-electron chi connectivity index (χ1n) is 19.2. The molecule has 4 aliphatic rings. The molecule has 2 aromatic carbocycles. The van der Waals surface area contributed by atoms with Gasteiger partial charge in [0.1, 0.15) is 17.8 Å². The number of amides is 6. The Morgan fingerprint density at radius 3 is 2.24 bits per heavy atom. The normalized spacial score (nSPS) is 19.4. The van der Waals surface area contributed by atoms with Crippen LogP contribution in [0.5, 0.6) is 5.75 Å². The van der Waals surface area contributed by atoms with Crippen molar-refractivity contribution in [2.24, 2.45) is 5.92 Å². The lowest BCUT2D eigenvalue weighted by Crippen LogP contribution is -2.59. The van der Waals surface area contributed by atoms with Crippen LogP contribution in [0.15, 0.2) is 73.1 Å². The topological polar surface area (TPSA) is 162 Å². The molecule has 54 heavy (non-hydrogen) atoms. The molecule has 5 heterocycles. The Hall–Kier alpha value is -5.37. The average molecular weight is 738 g/mol. The SMILES string of the molecule is O=C(N[C@@H](CC1CCNCC1)C(=O)N1CCN(c2ccncc2)CC1)[C@@H](Cc1ccc(O)cc1)NC(=O)N1CCC(N2Cc3ccccc3NC2=O)CC1. The number of fused-ring (bicyclic) bond motifs is 1. The number of anilines is 2. The molecule has 0 radical (unpaired) electrons. The molecule has 5 N–H and O–H groups in total. The third-order valence-corrected chi connectivity index (χ3v) is 11.3. The molecule has 3 fully saturated rings. The summed E-state index contributed by atoms with van der Waals surface area (Å²) in [4.78, 5) is 67.0. The molecule has 0 spiro atoms. The lowest BCUT2D eigenvalue weighted by molar-refractivity contribution is -0.137. The molecule has 3 aromatic rings. The van der Waals surface area contributed by atoms with E-state index in [1.807, 2.05) is 46.2 Å².